The number of nitrogens with one attached hydrogen (secondary N) is 1. The van der Waals surface area contributed by atoms with Crippen LogP contribution >= 0.6 is 23.2 Å². The van der Waals surface area contributed by atoms with Crippen molar-refractivity contribution < 1.29 is 9.47 Å². The number of hydrogen-bond donors (Lipinski definition) is 2. The third-order valence-electron chi connectivity index (χ3n) is 2.95. The van der Waals surface area contributed by atoms with Crippen LogP contribution in [0.5, 0.6) is 0 Å². The van der Waals surface area contributed by atoms with Crippen LogP contribution in [-0.4, -0.2) is 32.0 Å². The number of rotatable bonds is 4. The van der Waals surface area contributed by atoms with Gasteiger partial charge in [0.1, 0.15) is 0 Å². The van der Waals surface area contributed by atoms with Crippen LogP contribution < -0.4 is 11.3 Å². The van der Waals surface area contributed by atoms with Crippen molar-refractivity contribution in [1.29, 1.82) is 0 Å². The number of benzene rings is 1. The van der Waals surface area contributed by atoms with E-state index in [1.807, 2.05) is 6.07 Å². The quantitative estimate of drug-likeness (QED) is 0.656. The van der Waals surface area contributed by atoms with E-state index in [0.717, 1.165) is 5.56 Å². The molecule has 0 spiro atoms. The third-order valence-corrected chi connectivity index (χ3v) is 3.56. The molecule has 1 aliphatic heterocycles. The van der Waals surface area contributed by atoms with Crippen LogP contribution in [-0.2, 0) is 15.9 Å². The SMILES string of the molecule is NNC(Cc1cc(Cl)ccc1Cl)C1COCCO1. The highest BCUT2D eigenvalue weighted by molar-refractivity contribution is 6.33. The van der Waals surface area contributed by atoms with Crippen molar-refractivity contribution in [2.24, 2.45) is 5.84 Å². The Morgan fingerprint density at radius 3 is 2.89 bits per heavy atom. The first-order valence-corrected chi connectivity index (χ1v) is 6.55. The van der Waals surface area contributed by atoms with Gasteiger partial charge in [0.2, 0.25) is 0 Å². The molecule has 0 amide bonds. The Bertz CT molecular complexity index is 398. The summed E-state index contributed by atoms with van der Waals surface area (Å²) in [5, 5.41) is 1.34. The molecule has 1 heterocycles. The molecule has 0 radical (unpaired) electrons. The fourth-order valence-corrected chi connectivity index (χ4v) is 2.36. The van der Waals surface area contributed by atoms with Crippen molar-refractivity contribution in [3.8, 4) is 0 Å². The van der Waals surface area contributed by atoms with Crippen LogP contribution in [0.25, 0.3) is 0 Å². The molecule has 1 aromatic carbocycles. The maximum Gasteiger partial charge on any atom is 0.0978 e. The predicted molar refractivity (Wildman–Crippen MR) is 71.8 cm³/mol. The van der Waals surface area contributed by atoms with Crippen LogP contribution in [0.4, 0.5) is 0 Å². The van der Waals surface area contributed by atoms with E-state index >= 15 is 0 Å². The molecule has 1 aromatic rings. The zero-order valence-corrected chi connectivity index (χ0v) is 11.4. The van der Waals surface area contributed by atoms with Gasteiger partial charge >= 0.3 is 0 Å². The Kier molecular flexibility index (Phi) is 5.24. The van der Waals surface area contributed by atoms with E-state index in [1.54, 1.807) is 12.1 Å². The molecule has 1 fully saturated rings. The molecule has 2 atom stereocenters. The lowest BCUT2D eigenvalue weighted by molar-refractivity contribution is -0.101. The van der Waals surface area contributed by atoms with Crippen molar-refractivity contribution in [2.45, 2.75) is 18.6 Å². The lowest BCUT2D eigenvalue weighted by Crippen LogP contribution is -2.50. The Hall–Kier alpha value is -0.360. The summed E-state index contributed by atoms with van der Waals surface area (Å²) in [6.07, 6.45) is 0.572. The van der Waals surface area contributed by atoms with Crippen molar-refractivity contribution in [2.75, 3.05) is 19.8 Å². The molecule has 2 unspecified atom stereocenters. The maximum absolute atomic E-state index is 6.14. The minimum absolute atomic E-state index is 0.0544. The lowest BCUT2D eigenvalue weighted by atomic mass is 10.0. The third kappa shape index (κ3) is 3.57. The zero-order valence-electron chi connectivity index (χ0n) is 9.86. The Balaban J connectivity index is 2.06. The van der Waals surface area contributed by atoms with E-state index in [2.05, 4.69) is 5.43 Å². The summed E-state index contributed by atoms with van der Waals surface area (Å²) in [6, 6.07) is 5.34. The second kappa shape index (κ2) is 6.70. The van der Waals surface area contributed by atoms with E-state index in [0.29, 0.717) is 36.3 Å². The minimum atomic E-state index is -0.0706. The van der Waals surface area contributed by atoms with E-state index in [9.17, 15) is 0 Å². The van der Waals surface area contributed by atoms with Gasteiger partial charge in [0, 0.05) is 10.0 Å². The second-order valence-electron chi connectivity index (χ2n) is 4.20. The molecule has 1 aliphatic rings. The first-order chi connectivity index (χ1) is 8.70. The molecular weight excluding hydrogens is 275 g/mol. The van der Waals surface area contributed by atoms with Gasteiger partial charge in [-0.25, -0.2) is 0 Å². The van der Waals surface area contributed by atoms with Gasteiger partial charge in [-0.05, 0) is 30.2 Å². The number of halogens is 2. The smallest absolute Gasteiger partial charge is 0.0978 e. The largest absolute Gasteiger partial charge is 0.376 e. The lowest BCUT2D eigenvalue weighted by Gasteiger charge is -2.30. The summed E-state index contributed by atoms with van der Waals surface area (Å²) in [5.41, 5.74) is 3.71. The Labute approximate surface area is 116 Å². The molecule has 0 saturated carbocycles. The highest BCUT2D eigenvalue weighted by atomic mass is 35.5. The first kappa shape index (κ1) is 14.1. The van der Waals surface area contributed by atoms with Gasteiger partial charge in [-0.1, -0.05) is 23.2 Å². The van der Waals surface area contributed by atoms with Gasteiger partial charge in [0.25, 0.3) is 0 Å². The molecule has 1 saturated heterocycles. The van der Waals surface area contributed by atoms with Gasteiger partial charge in [0.05, 0.1) is 32.0 Å². The zero-order chi connectivity index (χ0) is 13.0. The van der Waals surface area contributed by atoms with Crippen LogP contribution in [0.15, 0.2) is 18.2 Å². The van der Waals surface area contributed by atoms with E-state index in [1.165, 1.54) is 0 Å². The van der Waals surface area contributed by atoms with E-state index in [4.69, 9.17) is 38.5 Å². The maximum atomic E-state index is 6.14. The normalized spacial score (nSPS) is 21.8. The minimum Gasteiger partial charge on any atom is -0.376 e. The molecule has 0 aromatic heterocycles. The highest BCUT2D eigenvalue weighted by Crippen LogP contribution is 2.23. The number of hydrogen-bond acceptors (Lipinski definition) is 4. The topological polar surface area (TPSA) is 56.5 Å². The van der Waals surface area contributed by atoms with Gasteiger partial charge in [-0.3, -0.25) is 11.3 Å². The molecule has 2 rings (SSSR count). The number of nitrogens with two attached hydrogens (primary N) is 1. The molecular formula is C12H16Cl2N2O2. The predicted octanol–water partition coefficient (Wildman–Crippen LogP) is 1.78. The molecule has 100 valence electrons. The molecule has 0 bridgehead atoms. The molecule has 3 N–H and O–H groups in total. The number of hydrazine groups is 1. The van der Waals surface area contributed by atoms with Gasteiger partial charge < -0.3 is 9.47 Å². The number of ether oxygens (including phenoxy) is 2. The monoisotopic (exact) mass is 290 g/mol. The second-order valence-corrected chi connectivity index (χ2v) is 5.04. The fourth-order valence-electron chi connectivity index (χ4n) is 1.97. The van der Waals surface area contributed by atoms with Crippen LogP contribution in [0.2, 0.25) is 10.0 Å². The van der Waals surface area contributed by atoms with Crippen molar-refractivity contribution >= 4 is 23.2 Å². The summed E-state index contributed by atoms with van der Waals surface area (Å²) in [7, 11) is 0. The van der Waals surface area contributed by atoms with Crippen LogP contribution in [0.3, 0.4) is 0 Å². The summed E-state index contributed by atoms with van der Waals surface area (Å²) >= 11 is 12.1. The summed E-state index contributed by atoms with van der Waals surface area (Å²) in [4.78, 5) is 0. The average Bonchev–Trinajstić information content (AvgIpc) is 2.41. The highest BCUT2D eigenvalue weighted by Gasteiger charge is 2.25. The van der Waals surface area contributed by atoms with E-state index < -0.39 is 0 Å². The Morgan fingerprint density at radius 1 is 1.39 bits per heavy atom. The fraction of sp³-hybridized carbons (Fsp3) is 0.500. The van der Waals surface area contributed by atoms with E-state index in [-0.39, 0.29) is 12.1 Å². The molecule has 6 heteroatoms. The molecule has 4 nitrogen and oxygen atoms in total. The van der Waals surface area contributed by atoms with Crippen molar-refractivity contribution in [3.05, 3.63) is 33.8 Å². The summed E-state index contributed by atoms with van der Waals surface area (Å²) < 4.78 is 11.0. The average molecular weight is 291 g/mol. The van der Waals surface area contributed by atoms with Crippen LogP contribution in [0, 0.1) is 0 Å². The van der Waals surface area contributed by atoms with Crippen LogP contribution in [0.1, 0.15) is 5.56 Å². The summed E-state index contributed by atoms with van der Waals surface area (Å²) in [6.45, 7) is 1.75. The molecule has 18 heavy (non-hydrogen) atoms. The van der Waals surface area contributed by atoms with Gasteiger partial charge in [-0.2, -0.15) is 0 Å². The van der Waals surface area contributed by atoms with Crippen molar-refractivity contribution in [1.82, 2.24) is 5.43 Å². The van der Waals surface area contributed by atoms with Crippen molar-refractivity contribution in [3.63, 3.8) is 0 Å². The first-order valence-electron chi connectivity index (χ1n) is 5.80. The summed E-state index contributed by atoms with van der Waals surface area (Å²) in [5.74, 6) is 5.58. The van der Waals surface area contributed by atoms with Gasteiger partial charge in [-0.15, -0.1) is 0 Å². The Morgan fingerprint density at radius 2 is 2.22 bits per heavy atom. The standard InChI is InChI=1S/C12H16Cl2N2O2/c13-9-1-2-10(14)8(5-9)6-11(16-15)12-7-17-3-4-18-12/h1-2,5,11-12,16H,3-4,6-7,15H2. The van der Waals surface area contributed by atoms with Gasteiger partial charge in [0.15, 0.2) is 0 Å². The molecule has 0 aliphatic carbocycles.